The summed E-state index contributed by atoms with van der Waals surface area (Å²) in [4.78, 5) is 4.74. The second-order valence-corrected chi connectivity index (χ2v) is 9.83. The number of nitrogens with one attached hydrogen (secondary N) is 2. The van der Waals surface area contributed by atoms with E-state index in [1.807, 2.05) is 13.0 Å². The molecule has 6 nitrogen and oxygen atoms in total. The van der Waals surface area contributed by atoms with E-state index in [0.29, 0.717) is 13.2 Å². The zero-order chi connectivity index (χ0) is 19.0. The van der Waals surface area contributed by atoms with Crippen molar-refractivity contribution in [3.63, 3.8) is 0 Å². The van der Waals surface area contributed by atoms with E-state index in [9.17, 15) is 8.42 Å². The molecule has 1 aromatic rings. The van der Waals surface area contributed by atoms with Gasteiger partial charge < -0.3 is 15.4 Å². The fraction of sp³-hybridized carbons (Fsp3) is 0.611. The average Bonchev–Trinajstić information content (AvgIpc) is 3.36. The van der Waals surface area contributed by atoms with E-state index >= 15 is 0 Å². The predicted molar refractivity (Wildman–Crippen MR) is 125 cm³/mol. The topological polar surface area (TPSA) is 79.8 Å². The van der Waals surface area contributed by atoms with Crippen LogP contribution in [0, 0.1) is 0 Å². The zero-order valence-electron chi connectivity index (χ0n) is 15.8. The molecule has 9 heteroatoms. The molecule has 0 unspecified atom stereocenters. The van der Waals surface area contributed by atoms with Crippen molar-refractivity contribution >= 4 is 55.7 Å². The minimum absolute atomic E-state index is 0. The molecular formula is C18H29BrIN3O3S. The molecule has 0 aromatic heterocycles. The van der Waals surface area contributed by atoms with E-state index in [2.05, 4.69) is 44.8 Å². The highest BCUT2D eigenvalue weighted by Gasteiger charge is 2.44. The third-order valence-corrected chi connectivity index (χ3v) is 5.71. The molecule has 0 bridgehead atoms. The smallest absolute Gasteiger partial charge is 0.191 e. The van der Waals surface area contributed by atoms with Gasteiger partial charge in [0.1, 0.15) is 9.84 Å². The first-order valence-electron chi connectivity index (χ1n) is 8.88. The SMILES string of the molecule is CCNC(=NCC1(c2cccc(Br)c2)CC1)NCCOCCS(C)(=O)=O.I. The van der Waals surface area contributed by atoms with Gasteiger partial charge in [-0.3, -0.25) is 4.99 Å². The van der Waals surface area contributed by atoms with Crippen molar-refractivity contribution in [1.82, 2.24) is 10.6 Å². The summed E-state index contributed by atoms with van der Waals surface area (Å²) in [6.07, 6.45) is 3.52. The van der Waals surface area contributed by atoms with Crippen LogP contribution in [-0.4, -0.2) is 59.2 Å². The van der Waals surface area contributed by atoms with Gasteiger partial charge in [-0.05, 0) is 37.5 Å². The maximum atomic E-state index is 11.1. The number of rotatable bonds is 10. The Labute approximate surface area is 188 Å². The second-order valence-electron chi connectivity index (χ2n) is 6.65. The Kier molecular flexibility index (Phi) is 10.6. The normalized spacial score (nSPS) is 15.7. The number of nitrogens with zero attached hydrogens (tertiary/aromatic N) is 1. The molecule has 154 valence electrons. The maximum Gasteiger partial charge on any atom is 0.191 e. The summed E-state index contributed by atoms with van der Waals surface area (Å²) in [6.45, 7) is 4.80. The number of halogens is 2. The Bertz CT molecular complexity index is 724. The first-order valence-corrected chi connectivity index (χ1v) is 11.7. The molecule has 1 saturated carbocycles. The molecule has 1 aliphatic rings. The number of benzene rings is 1. The number of aliphatic imine (C=N–C) groups is 1. The molecule has 0 spiro atoms. The van der Waals surface area contributed by atoms with Crippen LogP contribution < -0.4 is 10.6 Å². The van der Waals surface area contributed by atoms with Crippen molar-refractivity contribution in [1.29, 1.82) is 0 Å². The number of ether oxygens (including phenoxy) is 1. The van der Waals surface area contributed by atoms with Crippen LogP contribution in [0.15, 0.2) is 33.7 Å². The summed E-state index contributed by atoms with van der Waals surface area (Å²) >= 11 is 3.54. The molecule has 27 heavy (non-hydrogen) atoms. The van der Waals surface area contributed by atoms with Crippen molar-refractivity contribution in [2.45, 2.75) is 25.2 Å². The quantitative estimate of drug-likeness (QED) is 0.195. The van der Waals surface area contributed by atoms with Gasteiger partial charge in [-0.25, -0.2) is 8.42 Å². The predicted octanol–water partition coefficient (Wildman–Crippen LogP) is 2.72. The van der Waals surface area contributed by atoms with E-state index in [-0.39, 0.29) is 41.8 Å². The Morgan fingerprint density at radius 3 is 2.63 bits per heavy atom. The third-order valence-electron chi connectivity index (χ3n) is 4.31. The first-order chi connectivity index (χ1) is 12.3. The molecule has 0 aliphatic heterocycles. The van der Waals surface area contributed by atoms with Gasteiger partial charge >= 0.3 is 0 Å². The van der Waals surface area contributed by atoms with Crippen LogP contribution in [-0.2, 0) is 20.0 Å². The van der Waals surface area contributed by atoms with Crippen molar-refractivity contribution in [3.05, 3.63) is 34.3 Å². The van der Waals surface area contributed by atoms with Crippen LogP contribution in [0.4, 0.5) is 0 Å². The summed E-state index contributed by atoms with van der Waals surface area (Å²) in [5.74, 6) is 0.816. The Balaban J connectivity index is 0.00000364. The highest BCUT2D eigenvalue weighted by atomic mass is 127. The van der Waals surface area contributed by atoms with Crippen LogP contribution in [0.1, 0.15) is 25.3 Å². The summed E-state index contributed by atoms with van der Waals surface area (Å²) < 4.78 is 28.6. The molecule has 2 N–H and O–H groups in total. The van der Waals surface area contributed by atoms with Gasteiger partial charge in [-0.15, -0.1) is 24.0 Å². The van der Waals surface area contributed by atoms with Gasteiger partial charge in [0.05, 0.1) is 25.5 Å². The highest BCUT2D eigenvalue weighted by Crippen LogP contribution is 2.48. The molecule has 0 amide bonds. The summed E-state index contributed by atoms with van der Waals surface area (Å²) in [6, 6.07) is 8.46. The van der Waals surface area contributed by atoms with Crippen LogP contribution >= 0.6 is 39.9 Å². The lowest BCUT2D eigenvalue weighted by Crippen LogP contribution is -2.39. The number of sulfone groups is 1. The van der Waals surface area contributed by atoms with Crippen molar-refractivity contribution < 1.29 is 13.2 Å². The van der Waals surface area contributed by atoms with E-state index in [1.165, 1.54) is 11.8 Å². The van der Waals surface area contributed by atoms with Crippen molar-refractivity contribution in [2.24, 2.45) is 4.99 Å². The van der Waals surface area contributed by atoms with Gasteiger partial charge in [0.15, 0.2) is 5.96 Å². The van der Waals surface area contributed by atoms with Crippen LogP contribution in [0.5, 0.6) is 0 Å². The van der Waals surface area contributed by atoms with Crippen molar-refractivity contribution in [2.75, 3.05) is 44.9 Å². The lowest BCUT2D eigenvalue weighted by Gasteiger charge is -2.16. The summed E-state index contributed by atoms with van der Waals surface area (Å²) in [5.41, 5.74) is 1.48. The van der Waals surface area contributed by atoms with Crippen LogP contribution in [0.2, 0.25) is 0 Å². The zero-order valence-corrected chi connectivity index (χ0v) is 20.6. The lowest BCUT2D eigenvalue weighted by atomic mass is 9.96. The van der Waals surface area contributed by atoms with Crippen molar-refractivity contribution in [3.8, 4) is 0 Å². The van der Waals surface area contributed by atoms with E-state index < -0.39 is 9.84 Å². The lowest BCUT2D eigenvalue weighted by molar-refractivity contribution is 0.154. The van der Waals surface area contributed by atoms with E-state index in [0.717, 1.165) is 36.4 Å². The number of hydrogen-bond donors (Lipinski definition) is 2. The van der Waals surface area contributed by atoms with Gasteiger partial charge in [0, 0.05) is 29.2 Å². The number of guanidine groups is 1. The summed E-state index contributed by atoms with van der Waals surface area (Å²) in [5, 5.41) is 6.48. The standard InChI is InChI=1S/C18H28BrN3O3S.HI/c1-3-20-17(21-9-10-25-11-12-26(2,23)24)22-14-18(7-8-18)15-5-4-6-16(19)13-15;/h4-6,13H,3,7-12,14H2,1-2H3,(H2,20,21,22);1H. The van der Waals surface area contributed by atoms with Crippen LogP contribution in [0.25, 0.3) is 0 Å². The molecule has 0 radical (unpaired) electrons. The second kappa shape index (κ2) is 11.6. The van der Waals surface area contributed by atoms with Gasteiger partial charge in [-0.2, -0.15) is 0 Å². The fourth-order valence-electron chi connectivity index (χ4n) is 2.63. The minimum Gasteiger partial charge on any atom is -0.379 e. The highest BCUT2D eigenvalue weighted by molar-refractivity contribution is 14.0. The molecule has 1 fully saturated rings. The molecule has 1 aliphatic carbocycles. The molecule has 0 saturated heterocycles. The monoisotopic (exact) mass is 573 g/mol. The molecule has 0 atom stereocenters. The summed E-state index contributed by atoms with van der Waals surface area (Å²) in [7, 11) is -2.97. The Morgan fingerprint density at radius 2 is 2.04 bits per heavy atom. The molecular weight excluding hydrogens is 545 g/mol. The van der Waals surface area contributed by atoms with Gasteiger partial charge in [0.25, 0.3) is 0 Å². The largest absolute Gasteiger partial charge is 0.379 e. The third kappa shape index (κ3) is 9.10. The average molecular weight is 574 g/mol. The van der Waals surface area contributed by atoms with E-state index in [4.69, 9.17) is 9.73 Å². The maximum absolute atomic E-state index is 11.1. The fourth-order valence-corrected chi connectivity index (χ4v) is 3.45. The van der Waals surface area contributed by atoms with E-state index in [1.54, 1.807) is 0 Å². The Hall–Kier alpha value is -0.390. The van der Waals surface area contributed by atoms with Crippen LogP contribution in [0.3, 0.4) is 0 Å². The molecule has 0 heterocycles. The van der Waals surface area contributed by atoms with Gasteiger partial charge in [0.2, 0.25) is 0 Å². The van der Waals surface area contributed by atoms with Gasteiger partial charge in [-0.1, -0.05) is 28.1 Å². The molecule has 2 rings (SSSR count). The first kappa shape index (κ1) is 24.6. The Morgan fingerprint density at radius 1 is 1.30 bits per heavy atom. The minimum atomic E-state index is -2.97. The number of hydrogen-bond acceptors (Lipinski definition) is 4. The molecule has 1 aromatic carbocycles.